The number of hydrogen-bond acceptors (Lipinski definition) is 5. The minimum absolute atomic E-state index is 0.225. The second-order valence-corrected chi connectivity index (χ2v) is 6.58. The van der Waals surface area contributed by atoms with Crippen LogP contribution in [0.15, 0.2) is 23.4 Å². The van der Waals surface area contributed by atoms with Crippen LogP contribution >= 0.6 is 0 Å². The molecular weight excluding hydrogens is 280 g/mol. The SMILES string of the molecule is CCNC(=O)C(C)S(=O)(=O)c1nc2ccc(N)cc2[nH]1. The number of benzene rings is 1. The number of nitrogens with one attached hydrogen (secondary N) is 2. The van der Waals surface area contributed by atoms with E-state index in [9.17, 15) is 13.2 Å². The summed E-state index contributed by atoms with van der Waals surface area (Å²) in [6.07, 6.45) is 0. The molecule has 1 aromatic heterocycles. The standard InChI is InChI=1S/C12H16N4O3S/c1-3-14-11(17)7(2)20(18,19)12-15-9-5-4-8(13)6-10(9)16-12/h4-7H,3,13H2,1-2H3,(H,14,17)(H,15,16). The molecule has 1 heterocycles. The van der Waals surface area contributed by atoms with Crippen LogP contribution in [0.25, 0.3) is 11.0 Å². The second-order valence-electron chi connectivity index (χ2n) is 4.40. The molecule has 1 atom stereocenters. The van der Waals surface area contributed by atoms with Gasteiger partial charge in [0.25, 0.3) is 0 Å². The predicted molar refractivity (Wildman–Crippen MR) is 75.8 cm³/mol. The molecular formula is C12H16N4O3S. The molecule has 1 unspecified atom stereocenters. The van der Waals surface area contributed by atoms with Gasteiger partial charge in [-0.25, -0.2) is 13.4 Å². The molecule has 0 aliphatic heterocycles. The number of hydrogen-bond donors (Lipinski definition) is 3. The number of aromatic nitrogens is 2. The molecule has 0 spiro atoms. The number of amides is 1. The first kappa shape index (κ1) is 14.3. The number of nitrogens with zero attached hydrogens (tertiary/aromatic N) is 1. The van der Waals surface area contributed by atoms with Crippen LogP contribution < -0.4 is 11.1 Å². The molecule has 1 amide bonds. The quantitative estimate of drug-likeness (QED) is 0.708. The molecule has 0 aliphatic carbocycles. The van der Waals surface area contributed by atoms with Crippen molar-refractivity contribution in [2.24, 2.45) is 0 Å². The Balaban J connectivity index is 2.43. The van der Waals surface area contributed by atoms with Crippen molar-refractivity contribution < 1.29 is 13.2 Å². The number of sulfone groups is 1. The number of rotatable bonds is 4. The number of nitrogen functional groups attached to an aromatic ring is 1. The smallest absolute Gasteiger partial charge is 0.238 e. The third kappa shape index (κ3) is 2.46. The number of aromatic amines is 1. The van der Waals surface area contributed by atoms with Gasteiger partial charge in [0.15, 0.2) is 0 Å². The van der Waals surface area contributed by atoms with Crippen LogP contribution in [0.3, 0.4) is 0 Å². The van der Waals surface area contributed by atoms with E-state index in [0.717, 1.165) is 0 Å². The van der Waals surface area contributed by atoms with Gasteiger partial charge in [-0.05, 0) is 32.0 Å². The lowest BCUT2D eigenvalue weighted by Gasteiger charge is -2.10. The molecule has 0 bridgehead atoms. The normalized spacial score (nSPS) is 13.3. The van der Waals surface area contributed by atoms with Crippen LogP contribution in [0.2, 0.25) is 0 Å². The molecule has 1 aromatic carbocycles. The molecule has 108 valence electrons. The van der Waals surface area contributed by atoms with Gasteiger partial charge in [-0.1, -0.05) is 0 Å². The number of carbonyl (C=O) groups excluding carboxylic acids is 1. The van der Waals surface area contributed by atoms with Gasteiger partial charge in [0.1, 0.15) is 5.25 Å². The van der Waals surface area contributed by atoms with E-state index in [-0.39, 0.29) is 5.16 Å². The molecule has 0 saturated carbocycles. The van der Waals surface area contributed by atoms with E-state index in [2.05, 4.69) is 15.3 Å². The highest BCUT2D eigenvalue weighted by Crippen LogP contribution is 2.20. The lowest BCUT2D eigenvalue weighted by molar-refractivity contribution is -0.120. The summed E-state index contributed by atoms with van der Waals surface area (Å²) in [6.45, 7) is 3.43. The maximum Gasteiger partial charge on any atom is 0.238 e. The molecule has 0 fully saturated rings. The summed E-state index contributed by atoms with van der Waals surface area (Å²) in [5.41, 5.74) is 7.14. The van der Waals surface area contributed by atoms with Crippen molar-refractivity contribution in [3.8, 4) is 0 Å². The average molecular weight is 296 g/mol. The van der Waals surface area contributed by atoms with Gasteiger partial charge in [0.05, 0.1) is 11.0 Å². The summed E-state index contributed by atoms with van der Waals surface area (Å²) in [5, 5.41) is 1.05. The zero-order chi connectivity index (χ0) is 14.9. The van der Waals surface area contributed by atoms with Gasteiger partial charge >= 0.3 is 0 Å². The monoisotopic (exact) mass is 296 g/mol. The fourth-order valence-corrected chi connectivity index (χ4v) is 2.94. The Labute approximate surface area is 116 Å². The van der Waals surface area contributed by atoms with Crippen LogP contribution in [0.4, 0.5) is 5.69 Å². The summed E-state index contributed by atoms with van der Waals surface area (Å²) >= 11 is 0. The molecule has 7 nitrogen and oxygen atoms in total. The summed E-state index contributed by atoms with van der Waals surface area (Å²) in [6, 6.07) is 4.85. The van der Waals surface area contributed by atoms with Crippen molar-refractivity contribution in [1.82, 2.24) is 15.3 Å². The fourth-order valence-electron chi connectivity index (χ4n) is 1.76. The highest BCUT2D eigenvalue weighted by Gasteiger charge is 2.32. The number of fused-ring (bicyclic) bond motifs is 1. The Kier molecular flexibility index (Phi) is 3.67. The third-order valence-corrected chi connectivity index (χ3v) is 4.82. The van der Waals surface area contributed by atoms with Gasteiger partial charge in [-0.2, -0.15) is 0 Å². The molecule has 2 aromatic rings. The highest BCUT2D eigenvalue weighted by molar-refractivity contribution is 7.92. The van der Waals surface area contributed by atoms with Gasteiger partial charge in [0, 0.05) is 12.2 Å². The first-order valence-electron chi connectivity index (χ1n) is 6.13. The Morgan fingerprint density at radius 3 is 2.85 bits per heavy atom. The number of nitrogens with two attached hydrogens (primary N) is 1. The van der Waals surface area contributed by atoms with Crippen LogP contribution in [0.5, 0.6) is 0 Å². The molecule has 0 saturated heterocycles. The van der Waals surface area contributed by atoms with Gasteiger partial charge in [-0.15, -0.1) is 0 Å². The summed E-state index contributed by atoms with van der Waals surface area (Å²) in [5.74, 6) is -0.549. The van der Waals surface area contributed by atoms with Crippen molar-refractivity contribution >= 4 is 32.5 Å². The highest BCUT2D eigenvalue weighted by atomic mass is 32.2. The zero-order valence-electron chi connectivity index (χ0n) is 11.2. The number of H-pyrrole nitrogens is 1. The van der Waals surface area contributed by atoms with Crippen LogP contribution in [-0.2, 0) is 14.6 Å². The van der Waals surface area contributed by atoms with E-state index in [1.54, 1.807) is 25.1 Å². The maximum atomic E-state index is 12.3. The Hall–Kier alpha value is -2.09. The largest absolute Gasteiger partial charge is 0.399 e. The lowest BCUT2D eigenvalue weighted by Crippen LogP contribution is -2.38. The van der Waals surface area contributed by atoms with Gasteiger partial charge < -0.3 is 16.0 Å². The van der Waals surface area contributed by atoms with E-state index in [1.165, 1.54) is 6.92 Å². The van der Waals surface area contributed by atoms with Crippen molar-refractivity contribution in [1.29, 1.82) is 0 Å². The summed E-state index contributed by atoms with van der Waals surface area (Å²) in [4.78, 5) is 18.4. The third-order valence-electron chi connectivity index (χ3n) is 2.94. The van der Waals surface area contributed by atoms with E-state index in [0.29, 0.717) is 23.3 Å². The number of imidazole rings is 1. The fraction of sp³-hybridized carbons (Fsp3) is 0.333. The van der Waals surface area contributed by atoms with Crippen molar-refractivity contribution in [2.45, 2.75) is 24.3 Å². The van der Waals surface area contributed by atoms with Crippen LogP contribution in [0, 0.1) is 0 Å². The van der Waals surface area contributed by atoms with Crippen LogP contribution in [0.1, 0.15) is 13.8 Å². The van der Waals surface area contributed by atoms with Crippen molar-refractivity contribution in [2.75, 3.05) is 12.3 Å². The minimum atomic E-state index is -3.85. The molecule has 20 heavy (non-hydrogen) atoms. The minimum Gasteiger partial charge on any atom is -0.399 e. The summed E-state index contributed by atoms with van der Waals surface area (Å²) < 4.78 is 24.6. The Morgan fingerprint density at radius 1 is 1.50 bits per heavy atom. The summed E-state index contributed by atoms with van der Waals surface area (Å²) in [7, 11) is -3.85. The van der Waals surface area contributed by atoms with E-state index in [4.69, 9.17) is 5.73 Å². The van der Waals surface area contributed by atoms with Gasteiger partial charge in [0.2, 0.25) is 20.9 Å². The zero-order valence-corrected chi connectivity index (χ0v) is 12.0. The Bertz CT molecular complexity index is 751. The van der Waals surface area contributed by atoms with Gasteiger partial charge in [-0.3, -0.25) is 4.79 Å². The van der Waals surface area contributed by atoms with Crippen LogP contribution in [-0.4, -0.2) is 36.1 Å². The maximum absolute atomic E-state index is 12.3. The molecule has 0 radical (unpaired) electrons. The molecule has 8 heteroatoms. The van der Waals surface area contributed by atoms with Crippen molar-refractivity contribution in [3.05, 3.63) is 18.2 Å². The first-order chi connectivity index (χ1) is 9.36. The lowest BCUT2D eigenvalue weighted by atomic mass is 10.3. The number of carbonyl (C=O) groups is 1. The van der Waals surface area contributed by atoms with E-state index < -0.39 is 21.0 Å². The van der Waals surface area contributed by atoms with Crippen molar-refractivity contribution in [3.63, 3.8) is 0 Å². The Morgan fingerprint density at radius 2 is 2.20 bits per heavy atom. The number of anilines is 1. The average Bonchev–Trinajstić information content (AvgIpc) is 2.81. The predicted octanol–water partition coefficient (Wildman–Crippen LogP) is 0.443. The molecule has 0 aliphatic rings. The topological polar surface area (TPSA) is 118 Å². The van der Waals surface area contributed by atoms with E-state index in [1.807, 2.05) is 0 Å². The molecule has 2 rings (SSSR count). The molecule has 4 N–H and O–H groups in total. The van der Waals surface area contributed by atoms with E-state index >= 15 is 0 Å². The second kappa shape index (κ2) is 5.12. The first-order valence-corrected chi connectivity index (χ1v) is 7.67.